The van der Waals surface area contributed by atoms with E-state index in [2.05, 4.69) is 4.42 Å². The van der Waals surface area contributed by atoms with Crippen molar-refractivity contribution in [3.63, 3.8) is 0 Å². The van der Waals surface area contributed by atoms with Crippen LogP contribution in [-0.2, 0) is 0 Å². The highest BCUT2D eigenvalue weighted by atomic mass is 19.1. The van der Waals surface area contributed by atoms with Crippen molar-refractivity contribution in [2.24, 2.45) is 0 Å². The second kappa shape index (κ2) is 4.20. The summed E-state index contributed by atoms with van der Waals surface area (Å²) in [7, 11) is 0. The van der Waals surface area contributed by atoms with Crippen LogP contribution in [0, 0.1) is 5.82 Å². The van der Waals surface area contributed by atoms with Gasteiger partial charge in [0.25, 0.3) is 0 Å². The summed E-state index contributed by atoms with van der Waals surface area (Å²) >= 11 is 0. The Morgan fingerprint density at radius 2 is 1.74 bits per heavy atom. The lowest BCUT2D eigenvalue weighted by atomic mass is 10.2. The number of halogens is 1. The van der Waals surface area contributed by atoms with E-state index >= 15 is 0 Å². The van der Waals surface area contributed by atoms with Gasteiger partial charge in [-0.05, 0) is 30.3 Å². The fourth-order valence-electron chi connectivity index (χ4n) is 1.96. The van der Waals surface area contributed by atoms with Crippen LogP contribution in [0.15, 0.2) is 62.5 Å². The second-order valence-electron chi connectivity index (χ2n) is 3.99. The summed E-state index contributed by atoms with van der Waals surface area (Å²) < 4.78 is 19.2. The highest BCUT2D eigenvalue weighted by molar-refractivity contribution is 5.79. The molecular weight excluding hydrogens is 249 g/mol. The quantitative estimate of drug-likeness (QED) is 0.670. The first kappa shape index (κ1) is 11.4. The van der Waals surface area contributed by atoms with E-state index in [1.165, 1.54) is 10.6 Å². The van der Waals surface area contributed by atoms with Gasteiger partial charge < -0.3 is 4.42 Å². The molecule has 0 saturated heterocycles. The average Bonchev–Trinajstić information content (AvgIpc) is 2.39. The smallest absolute Gasteiger partial charge is 0.372 e. The molecule has 5 heteroatoms. The molecule has 0 aliphatic carbocycles. The van der Waals surface area contributed by atoms with Crippen LogP contribution in [0.5, 0.6) is 0 Å². The Bertz CT molecular complexity index is 865. The molecule has 0 aliphatic heterocycles. The van der Waals surface area contributed by atoms with Crippen molar-refractivity contribution in [3.8, 4) is 5.69 Å². The van der Waals surface area contributed by atoms with Gasteiger partial charge in [0.15, 0.2) is 0 Å². The summed E-state index contributed by atoms with van der Waals surface area (Å²) in [5.41, 5.74) is -0.0773. The molecule has 0 fully saturated rings. The number of aromatic nitrogens is 1. The van der Waals surface area contributed by atoms with Crippen molar-refractivity contribution in [2.45, 2.75) is 0 Å². The van der Waals surface area contributed by atoms with Crippen LogP contribution in [0.3, 0.4) is 0 Å². The van der Waals surface area contributed by atoms with Crippen LogP contribution >= 0.6 is 0 Å². The van der Waals surface area contributed by atoms with E-state index in [1.807, 2.05) is 0 Å². The lowest BCUT2D eigenvalue weighted by Gasteiger charge is -2.07. The summed E-state index contributed by atoms with van der Waals surface area (Å²) in [5, 5.41) is 0.157. The van der Waals surface area contributed by atoms with Gasteiger partial charge in [0.05, 0.1) is 16.6 Å². The fourth-order valence-corrected chi connectivity index (χ4v) is 1.96. The zero-order valence-corrected chi connectivity index (χ0v) is 9.67. The van der Waals surface area contributed by atoms with Gasteiger partial charge in [-0.1, -0.05) is 18.2 Å². The Morgan fingerprint density at radius 1 is 1.00 bits per heavy atom. The van der Waals surface area contributed by atoms with E-state index in [4.69, 9.17) is 0 Å². The van der Waals surface area contributed by atoms with Gasteiger partial charge in [0.2, 0.25) is 0 Å². The van der Waals surface area contributed by atoms with Crippen molar-refractivity contribution in [1.29, 1.82) is 0 Å². The highest BCUT2D eigenvalue weighted by Gasteiger charge is 2.11. The third-order valence-corrected chi connectivity index (χ3v) is 2.80. The van der Waals surface area contributed by atoms with Crippen molar-refractivity contribution in [2.75, 3.05) is 0 Å². The van der Waals surface area contributed by atoms with Crippen LogP contribution in [0.4, 0.5) is 4.39 Å². The minimum Gasteiger partial charge on any atom is -0.372 e. The maximum atomic E-state index is 13.3. The number of fused-ring (bicyclic) bond motifs is 1. The monoisotopic (exact) mass is 257 g/mol. The van der Waals surface area contributed by atoms with Gasteiger partial charge in [-0.15, -0.1) is 0 Å². The topological polar surface area (TPSA) is 52.2 Å². The Hall–Kier alpha value is -2.69. The zero-order valence-electron chi connectivity index (χ0n) is 9.67. The van der Waals surface area contributed by atoms with Crippen molar-refractivity contribution < 1.29 is 8.81 Å². The first-order valence-electron chi connectivity index (χ1n) is 5.58. The number of hydrogen-bond donors (Lipinski definition) is 0. The molecule has 4 nitrogen and oxygen atoms in total. The molecule has 3 rings (SSSR count). The van der Waals surface area contributed by atoms with Gasteiger partial charge in [-0.2, -0.15) is 0 Å². The van der Waals surface area contributed by atoms with E-state index in [0.29, 0.717) is 5.69 Å². The average molecular weight is 257 g/mol. The molecular formula is C14H8FNO3. The first-order chi connectivity index (χ1) is 9.16. The van der Waals surface area contributed by atoms with Crippen molar-refractivity contribution in [3.05, 3.63) is 75.3 Å². The lowest BCUT2D eigenvalue weighted by Crippen LogP contribution is -2.23. The minimum atomic E-state index is -0.839. The molecule has 0 atom stereocenters. The minimum absolute atomic E-state index is 0.157. The second-order valence-corrected chi connectivity index (χ2v) is 3.99. The summed E-state index contributed by atoms with van der Waals surface area (Å²) in [4.78, 5) is 23.4. The van der Waals surface area contributed by atoms with Crippen LogP contribution in [-0.4, -0.2) is 4.57 Å². The van der Waals surface area contributed by atoms with Crippen molar-refractivity contribution >= 4 is 10.9 Å². The summed E-state index contributed by atoms with van der Waals surface area (Å²) in [6.45, 7) is 0. The van der Waals surface area contributed by atoms with Gasteiger partial charge >= 0.3 is 11.4 Å². The Morgan fingerprint density at radius 3 is 2.47 bits per heavy atom. The standard InChI is InChI=1S/C14H8FNO3/c15-9-6-7-11-12(8-9)16(14(18)19-13(11)17)10-4-2-1-3-5-10/h1-8H. The lowest BCUT2D eigenvalue weighted by molar-refractivity contribution is 0.444. The van der Waals surface area contributed by atoms with E-state index in [9.17, 15) is 14.0 Å². The molecule has 0 saturated carbocycles. The van der Waals surface area contributed by atoms with Crippen LogP contribution < -0.4 is 11.4 Å². The summed E-state index contributed by atoms with van der Waals surface area (Å²) in [6, 6.07) is 12.2. The van der Waals surface area contributed by atoms with E-state index in [-0.39, 0.29) is 10.9 Å². The zero-order chi connectivity index (χ0) is 13.4. The highest BCUT2D eigenvalue weighted by Crippen LogP contribution is 2.14. The van der Waals surface area contributed by atoms with Crippen LogP contribution in [0.1, 0.15) is 0 Å². The molecule has 94 valence electrons. The predicted molar refractivity (Wildman–Crippen MR) is 68.0 cm³/mol. The molecule has 0 aliphatic rings. The van der Waals surface area contributed by atoms with Gasteiger partial charge in [-0.3, -0.25) is 0 Å². The molecule has 0 spiro atoms. The maximum absolute atomic E-state index is 13.3. The summed E-state index contributed by atoms with van der Waals surface area (Å²) in [5.74, 6) is -1.36. The van der Waals surface area contributed by atoms with Crippen LogP contribution in [0.2, 0.25) is 0 Å². The molecule has 2 aromatic carbocycles. The molecule has 0 bridgehead atoms. The number of nitrogens with zero attached hydrogens (tertiary/aromatic N) is 1. The van der Waals surface area contributed by atoms with E-state index in [1.54, 1.807) is 30.3 Å². The molecule has 0 radical (unpaired) electrons. The Balaban J connectivity index is 2.51. The summed E-state index contributed by atoms with van der Waals surface area (Å²) in [6.07, 6.45) is 0. The van der Waals surface area contributed by atoms with E-state index in [0.717, 1.165) is 12.1 Å². The predicted octanol–water partition coefficient (Wildman–Crippen LogP) is 2.08. The van der Waals surface area contributed by atoms with Gasteiger partial charge in [0.1, 0.15) is 5.82 Å². The Labute approximate surface area is 106 Å². The molecule has 0 amide bonds. The van der Waals surface area contributed by atoms with Gasteiger partial charge in [0, 0.05) is 0 Å². The van der Waals surface area contributed by atoms with Crippen molar-refractivity contribution in [1.82, 2.24) is 4.57 Å². The number of hydrogen-bond acceptors (Lipinski definition) is 3. The van der Waals surface area contributed by atoms with E-state index < -0.39 is 17.2 Å². The van der Waals surface area contributed by atoms with Crippen LogP contribution in [0.25, 0.3) is 16.6 Å². The molecule has 0 unspecified atom stereocenters. The van der Waals surface area contributed by atoms with Gasteiger partial charge in [-0.25, -0.2) is 18.5 Å². The molecule has 1 aromatic heterocycles. The first-order valence-corrected chi connectivity index (χ1v) is 5.58. The normalized spacial score (nSPS) is 10.8. The SMILES string of the molecule is O=c1oc(=O)n(-c2ccccc2)c2cc(F)ccc12. The number of benzene rings is 2. The largest absolute Gasteiger partial charge is 0.426 e. The molecule has 1 heterocycles. The molecule has 19 heavy (non-hydrogen) atoms. The third kappa shape index (κ3) is 1.85. The molecule has 0 N–H and O–H groups in total. The number of para-hydroxylation sites is 1. The third-order valence-electron chi connectivity index (χ3n) is 2.80. The fraction of sp³-hybridized carbons (Fsp3) is 0. The number of rotatable bonds is 1. The maximum Gasteiger partial charge on any atom is 0.426 e. The Kier molecular flexibility index (Phi) is 2.52. The molecule has 3 aromatic rings.